The maximum absolute atomic E-state index is 12.8. The van der Waals surface area contributed by atoms with Gasteiger partial charge in [-0.05, 0) is 67.1 Å². The molecule has 3 aromatic rings. The van der Waals surface area contributed by atoms with Crippen LogP contribution < -0.4 is 0 Å². The maximum Gasteiger partial charge on any atom is 0.416 e. The maximum atomic E-state index is 12.8. The number of aryl methyl sites for hydroxylation is 2. The van der Waals surface area contributed by atoms with Gasteiger partial charge in [0.2, 0.25) is 0 Å². The number of carbonyl (C=O) groups excluding carboxylic acids is 1. The zero-order chi connectivity index (χ0) is 20.3. The largest absolute Gasteiger partial charge is 0.469 e. The Morgan fingerprint density at radius 2 is 1.93 bits per heavy atom. The Morgan fingerprint density at radius 3 is 2.50 bits per heavy atom. The number of alkyl halides is 3. The Labute approximate surface area is 164 Å². The Balaban J connectivity index is 1.92. The van der Waals surface area contributed by atoms with E-state index in [1.54, 1.807) is 16.0 Å². The first kappa shape index (κ1) is 20.1. The Morgan fingerprint density at radius 1 is 1.21 bits per heavy atom. The van der Waals surface area contributed by atoms with E-state index in [2.05, 4.69) is 9.84 Å². The number of hydrogen-bond acceptors (Lipinski definition) is 4. The van der Waals surface area contributed by atoms with Gasteiger partial charge < -0.3 is 4.74 Å². The third-order valence-corrected chi connectivity index (χ3v) is 5.29. The monoisotopic (exact) mass is 408 g/mol. The molecule has 2 heterocycles. The number of ether oxygens (including phenoxy) is 1. The second-order valence-electron chi connectivity index (χ2n) is 6.40. The number of hydrogen-bond donors (Lipinski definition) is 0. The highest BCUT2D eigenvalue weighted by Crippen LogP contribution is 2.32. The van der Waals surface area contributed by atoms with Gasteiger partial charge in [-0.1, -0.05) is 0 Å². The Bertz CT molecular complexity index is 959. The predicted octanol–water partition coefficient (Wildman–Crippen LogP) is 5.42. The van der Waals surface area contributed by atoms with E-state index in [0.29, 0.717) is 18.5 Å². The first-order valence-corrected chi connectivity index (χ1v) is 9.55. The zero-order valence-electron chi connectivity index (χ0n) is 15.4. The molecule has 0 saturated carbocycles. The van der Waals surface area contributed by atoms with Gasteiger partial charge in [-0.15, -0.1) is 11.3 Å². The number of nitrogens with zero attached hydrogens (tertiary/aromatic N) is 2. The van der Waals surface area contributed by atoms with Crippen molar-refractivity contribution in [3.8, 4) is 16.3 Å². The molecule has 0 aliphatic carbocycles. The topological polar surface area (TPSA) is 44.1 Å². The Hall–Kier alpha value is -2.61. The fourth-order valence-corrected chi connectivity index (χ4v) is 3.70. The summed E-state index contributed by atoms with van der Waals surface area (Å²) in [5.41, 5.74) is 2.53. The van der Waals surface area contributed by atoms with E-state index in [1.165, 1.54) is 19.2 Å². The van der Waals surface area contributed by atoms with Gasteiger partial charge in [-0.25, -0.2) is 4.68 Å². The summed E-state index contributed by atoms with van der Waals surface area (Å²) in [6, 6.07) is 8.87. The van der Waals surface area contributed by atoms with E-state index >= 15 is 0 Å². The lowest BCUT2D eigenvalue weighted by Crippen LogP contribution is -2.06. The molecule has 0 radical (unpaired) electrons. The van der Waals surface area contributed by atoms with Crippen LogP contribution in [0.3, 0.4) is 0 Å². The summed E-state index contributed by atoms with van der Waals surface area (Å²) in [4.78, 5) is 12.3. The van der Waals surface area contributed by atoms with Crippen LogP contribution in [0.15, 0.2) is 41.8 Å². The van der Waals surface area contributed by atoms with Crippen LogP contribution >= 0.6 is 11.3 Å². The summed E-state index contributed by atoms with van der Waals surface area (Å²) in [6.45, 7) is 1.98. The van der Waals surface area contributed by atoms with Crippen molar-refractivity contribution in [3.05, 3.63) is 58.6 Å². The SMILES string of the molecule is COC(=O)CCCc1cc(-c2cc(C)cs2)n(-c2ccc(C(F)(F)F)cc2)n1. The van der Waals surface area contributed by atoms with E-state index in [9.17, 15) is 18.0 Å². The smallest absolute Gasteiger partial charge is 0.416 e. The van der Waals surface area contributed by atoms with Gasteiger partial charge in [0.1, 0.15) is 0 Å². The van der Waals surface area contributed by atoms with Crippen LogP contribution in [0, 0.1) is 6.92 Å². The van der Waals surface area contributed by atoms with Gasteiger partial charge in [-0.3, -0.25) is 4.79 Å². The zero-order valence-corrected chi connectivity index (χ0v) is 16.2. The number of carbonyl (C=O) groups is 1. The van der Waals surface area contributed by atoms with Crippen molar-refractivity contribution in [2.45, 2.75) is 32.4 Å². The molecule has 0 bridgehead atoms. The van der Waals surface area contributed by atoms with Crippen LogP contribution in [0.1, 0.15) is 29.7 Å². The molecule has 0 saturated heterocycles. The fraction of sp³-hybridized carbons (Fsp3) is 0.300. The molecular formula is C20H19F3N2O2S. The number of esters is 1. The van der Waals surface area contributed by atoms with E-state index in [-0.39, 0.29) is 12.4 Å². The summed E-state index contributed by atoms with van der Waals surface area (Å²) in [5.74, 6) is -0.281. The van der Waals surface area contributed by atoms with E-state index < -0.39 is 11.7 Å². The number of aromatic nitrogens is 2. The molecule has 3 rings (SSSR count). The van der Waals surface area contributed by atoms with Gasteiger partial charge in [0, 0.05) is 6.42 Å². The summed E-state index contributed by atoms with van der Waals surface area (Å²) >= 11 is 1.55. The van der Waals surface area contributed by atoms with Crippen molar-refractivity contribution in [1.82, 2.24) is 9.78 Å². The van der Waals surface area contributed by atoms with E-state index in [4.69, 9.17) is 0 Å². The first-order chi connectivity index (χ1) is 13.3. The molecule has 1 aromatic carbocycles. The Kier molecular flexibility index (Phi) is 5.88. The highest BCUT2D eigenvalue weighted by Gasteiger charge is 2.30. The standard InChI is InChI=1S/C20H19F3N2O2S/c1-13-10-18(28-12-13)17-11-15(4-3-5-19(26)27-2)24-25(17)16-8-6-14(7-9-16)20(21,22)23/h6-12H,3-5H2,1-2H3. The van der Waals surface area contributed by atoms with Crippen LogP contribution in [0.25, 0.3) is 16.3 Å². The molecule has 0 aliphatic heterocycles. The number of halogens is 3. The van der Waals surface area contributed by atoms with E-state index in [0.717, 1.165) is 34.0 Å². The van der Waals surface area contributed by atoms with Crippen molar-refractivity contribution >= 4 is 17.3 Å². The van der Waals surface area contributed by atoms with Crippen molar-refractivity contribution in [1.29, 1.82) is 0 Å². The molecule has 0 aliphatic rings. The van der Waals surface area contributed by atoms with Crippen LogP contribution in [0.4, 0.5) is 13.2 Å². The van der Waals surface area contributed by atoms with Crippen molar-refractivity contribution in [3.63, 3.8) is 0 Å². The minimum absolute atomic E-state index is 0.281. The second kappa shape index (κ2) is 8.18. The van der Waals surface area contributed by atoms with Crippen LogP contribution in [0.2, 0.25) is 0 Å². The molecule has 0 atom stereocenters. The molecule has 0 N–H and O–H groups in total. The molecule has 148 valence electrons. The quantitative estimate of drug-likeness (QED) is 0.511. The van der Waals surface area contributed by atoms with Crippen molar-refractivity contribution in [2.24, 2.45) is 0 Å². The summed E-state index contributed by atoms with van der Waals surface area (Å²) in [7, 11) is 1.35. The molecule has 4 nitrogen and oxygen atoms in total. The van der Waals surface area contributed by atoms with Crippen LogP contribution in [-0.4, -0.2) is 22.9 Å². The van der Waals surface area contributed by atoms with Crippen LogP contribution in [0.5, 0.6) is 0 Å². The molecular weight excluding hydrogens is 389 g/mol. The summed E-state index contributed by atoms with van der Waals surface area (Å²) in [6.07, 6.45) is -2.94. The number of benzene rings is 1. The molecule has 28 heavy (non-hydrogen) atoms. The number of rotatable bonds is 6. The average molecular weight is 408 g/mol. The molecule has 0 spiro atoms. The lowest BCUT2D eigenvalue weighted by molar-refractivity contribution is -0.140. The highest BCUT2D eigenvalue weighted by atomic mass is 32.1. The lowest BCUT2D eigenvalue weighted by Gasteiger charge is -2.09. The lowest BCUT2D eigenvalue weighted by atomic mass is 10.1. The summed E-state index contributed by atoms with van der Waals surface area (Å²) < 4.78 is 44.8. The first-order valence-electron chi connectivity index (χ1n) is 8.67. The predicted molar refractivity (Wildman–Crippen MR) is 102 cm³/mol. The third-order valence-electron chi connectivity index (χ3n) is 4.22. The fourth-order valence-electron chi connectivity index (χ4n) is 2.80. The van der Waals surface area contributed by atoms with Crippen molar-refractivity contribution < 1.29 is 22.7 Å². The number of thiophene rings is 1. The van der Waals surface area contributed by atoms with Gasteiger partial charge >= 0.3 is 12.1 Å². The van der Waals surface area contributed by atoms with Crippen LogP contribution in [-0.2, 0) is 22.1 Å². The molecule has 0 fully saturated rings. The van der Waals surface area contributed by atoms with Gasteiger partial charge in [-0.2, -0.15) is 18.3 Å². The third kappa shape index (κ3) is 4.62. The average Bonchev–Trinajstić information content (AvgIpc) is 3.27. The van der Waals surface area contributed by atoms with Gasteiger partial charge in [0.25, 0.3) is 0 Å². The van der Waals surface area contributed by atoms with Gasteiger partial charge in [0.15, 0.2) is 0 Å². The summed E-state index contributed by atoms with van der Waals surface area (Å²) in [5, 5.41) is 6.58. The molecule has 8 heteroatoms. The van der Waals surface area contributed by atoms with Crippen molar-refractivity contribution in [2.75, 3.05) is 7.11 Å². The van der Waals surface area contributed by atoms with Gasteiger partial charge in [0.05, 0.1) is 34.6 Å². The number of methoxy groups -OCH3 is 1. The van der Waals surface area contributed by atoms with E-state index in [1.807, 2.05) is 24.4 Å². The molecule has 2 aromatic heterocycles. The minimum atomic E-state index is -4.38. The minimum Gasteiger partial charge on any atom is -0.469 e. The molecule has 0 unspecified atom stereocenters. The normalized spacial score (nSPS) is 11.6. The highest BCUT2D eigenvalue weighted by molar-refractivity contribution is 7.13. The second-order valence-corrected chi connectivity index (χ2v) is 7.31. The molecule has 0 amide bonds.